The van der Waals surface area contributed by atoms with Crippen LogP contribution in [0.4, 0.5) is 0 Å². The summed E-state index contributed by atoms with van der Waals surface area (Å²) in [6, 6.07) is 16.6. The summed E-state index contributed by atoms with van der Waals surface area (Å²) < 4.78 is 9.90. The molecule has 0 N–H and O–H groups in total. The van der Waals surface area contributed by atoms with E-state index in [0.29, 0.717) is 11.4 Å². The molecule has 0 aliphatic heterocycles. The summed E-state index contributed by atoms with van der Waals surface area (Å²) in [6.07, 6.45) is 4.57. The van der Waals surface area contributed by atoms with Crippen LogP contribution in [0.3, 0.4) is 0 Å². The zero-order chi connectivity index (χ0) is 18.4. The quantitative estimate of drug-likeness (QED) is 0.431. The fourth-order valence-corrected chi connectivity index (χ4v) is 3.65. The van der Waals surface area contributed by atoms with Crippen molar-refractivity contribution in [2.75, 3.05) is 0 Å². The van der Waals surface area contributed by atoms with Crippen LogP contribution in [0.15, 0.2) is 54.7 Å². The van der Waals surface area contributed by atoms with Gasteiger partial charge in [0.25, 0.3) is 0 Å². The Kier molecular flexibility index (Phi) is 4.01. The highest BCUT2D eigenvalue weighted by atomic mass is 79.9. The van der Waals surface area contributed by atoms with Crippen LogP contribution in [0.1, 0.15) is 18.5 Å². The third-order valence-corrected chi connectivity index (χ3v) is 5.40. The highest BCUT2D eigenvalue weighted by Crippen LogP contribution is 2.32. The summed E-state index contributed by atoms with van der Waals surface area (Å²) in [5.41, 5.74) is 5.20. The zero-order valence-electron chi connectivity index (χ0n) is 15.0. The number of aromatic nitrogens is 4. The monoisotopic (exact) mass is 422 g/mol. The van der Waals surface area contributed by atoms with Gasteiger partial charge in [-0.1, -0.05) is 40.2 Å². The van der Waals surface area contributed by atoms with Gasteiger partial charge in [-0.05, 0) is 37.1 Å². The third-order valence-electron chi connectivity index (χ3n) is 4.82. The molecular weight excluding hydrogens is 404 g/mol. The lowest BCUT2D eigenvalue weighted by Crippen LogP contribution is -2.03. The van der Waals surface area contributed by atoms with E-state index >= 15 is 0 Å². The molecule has 5 rings (SSSR count). The van der Waals surface area contributed by atoms with Crippen molar-refractivity contribution in [2.45, 2.75) is 24.3 Å². The van der Waals surface area contributed by atoms with Crippen LogP contribution in [-0.2, 0) is 12.4 Å². The zero-order valence-corrected chi connectivity index (χ0v) is 16.6. The molecule has 4 aromatic rings. The molecule has 6 heteroatoms. The van der Waals surface area contributed by atoms with Gasteiger partial charge in [-0.2, -0.15) is 10.2 Å². The van der Waals surface area contributed by atoms with E-state index in [0.717, 1.165) is 52.1 Å². The van der Waals surface area contributed by atoms with Crippen LogP contribution in [0.5, 0.6) is 5.75 Å². The van der Waals surface area contributed by atoms with E-state index in [2.05, 4.69) is 51.4 Å². The van der Waals surface area contributed by atoms with Crippen molar-refractivity contribution >= 4 is 26.8 Å². The Morgan fingerprint density at radius 3 is 2.81 bits per heavy atom. The molecule has 27 heavy (non-hydrogen) atoms. The maximum Gasteiger partial charge on any atom is 0.120 e. The van der Waals surface area contributed by atoms with Crippen LogP contribution in [0.2, 0.25) is 0 Å². The number of fused-ring (bicyclic) bond motifs is 1. The molecule has 2 heterocycles. The minimum absolute atomic E-state index is 0.381. The molecule has 0 spiro atoms. The number of para-hydroxylation sites is 1. The Balaban J connectivity index is 1.68. The van der Waals surface area contributed by atoms with Crippen LogP contribution >= 0.6 is 15.9 Å². The number of nitrogens with zero attached hydrogens (tertiary/aromatic N) is 4. The van der Waals surface area contributed by atoms with Gasteiger partial charge >= 0.3 is 0 Å². The molecule has 2 aromatic carbocycles. The summed E-state index contributed by atoms with van der Waals surface area (Å²) in [5.74, 6) is 0.918. The smallest absolute Gasteiger partial charge is 0.120 e. The maximum absolute atomic E-state index is 5.99. The second-order valence-corrected chi connectivity index (χ2v) is 7.46. The van der Waals surface area contributed by atoms with Crippen LogP contribution in [0.25, 0.3) is 27.8 Å². The number of halogens is 1. The minimum Gasteiger partial charge on any atom is -0.490 e. The van der Waals surface area contributed by atoms with Gasteiger partial charge in [-0.3, -0.25) is 4.68 Å². The van der Waals surface area contributed by atoms with Crippen LogP contribution in [0, 0.1) is 0 Å². The van der Waals surface area contributed by atoms with E-state index < -0.39 is 0 Å². The van der Waals surface area contributed by atoms with E-state index in [4.69, 9.17) is 9.84 Å². The standard InChI is InChI=1S/C21H19BrN4O/c1-25-21-15(13-23-25)5-3-7-19(21)26-20(11-16(12-22)24-26)14-4-2-6-18(10-14)27-17-8-9-17/h2-7,10-11,13,17H,8-9,12H2,1H3. The molecule has 0 atom stereocenters. The lowest BCUT2D eigenvalue weighted by Gasteiger charge is -2.11. The van der Waals surface area contributed by atoms with Gasteiger partial charge in [0.1, 0.15) is 5.75 Å². The van der Waals surface area contributed by atoms with Crippen LogP contribution < -0.4 is 4.74 Å². The van der Waals surface area contributed by atoms with Crippen molar-refractivity contribution in [3.05, 3.63) is 60.4 Å². The van der Waals surface area contributed by atoms with Gasteiger partial charge in [-0.15, -0.1) is 0 Å². The van der Waals surface area contributed by atoms with E-state index in [1.54, 1.807) is 0 Å². The predicted octanol–water partition coefficient (Wildman–Crippen LogP) is 4.86. The first-order valence-corrected chi connectivity index (χ1v) is 10.2. The SMILES string of the molecule is Cn1ncc2cccc(-n3nc(CBr)cc3-c3cccc(OC4CC4)c3)c21. The Hall–Kier alpha value is -2.60. The number of hydrogen-bond acceptors (Lipinski definition) is 3. The van der Waals surface area contributed by atoms with E-state index in [1.807, 2.05) is 40.8 Å². The second kappa shape index (κ2) is 6.53. The van der Waals surface area contributed by atoms with Crippen molar-refractivity contribution in [3.8, 4) is 22.7 Å². The second-order valence-electron chi connectivity index (χ2n) is 6.89. The molecule has 1 aliphatic carbocycles. The average molecular weight is 423 g/mol. The first-order valence-electron chi connectivity index (χ1n) is 9.06. The van der Waals surface area contributed by atoms with Crippen LogP contribution in [-0.4, -0.2) is 25.7 Å². The van der Waals surface area contributed by atoms with Crippen molar-refractivity contribution in [2.24, 2.45) is 7.05 Å². The largest absolute Gasteiger partial charge is 0.490 e. The molecule has 1 saturated carbocycles. The number of alkyl halides is 1. The fourth-order valence-electron chi connectivity index (χ4n) is 3.37. The minimum atomic E-state index is 0.381. The third kappa shape index (κ3) is 3.04. The Morgan fingerprint density at radius 2 is 2.00 bits per heavy atom. The fraction of sp³-hybridized carbons (Fsp3) is 0.238. The van der Waals surface area contributed by atoms with Crippen molar-refractivity contribution in [1.29, 1.82) is 0 Å². The maximum atomic E-state index is 5.99. The number of aryl methyl sites for hydroxylation is 1. The van der Waals surface area contributed by atoms with Gasteiger partial charge in [0, 0.05) is 23.3 Å². The predicted molar refractivity (Wildman–Crippen MR) is 110 cm³/mol. The number of ether oxygens (including phenoxy) is 1. The molecule has 0 amide bonds. The van der Waals surface area contributed by atoms with E-state index in [-0.39, 0.29) is 0 Å². The molecule has 0 unspecified atom stereocenters. The molecule has 0 bridgehead atoms. The first-order chi connectivity index (χ1) is 13.2. The molecule has 1 aliphatic rings. The lowest BCUT2D eigenvalue weighted by atomic mass is 10.1. The molecule has 1 fully saturated rings. The van der Waals surface area contributed by atoms with Gasteiger partial charge in [-0.25, -0.2) is 4.68 Å². The first kappa shape index (κ1) is 16.6. The summed E-state index contributed by atoms with van der Waals surface area (Å²) in [6.45, 7) is 0. The normalized spacial score (nSPS) is 14.0. The van der Waals surface area contributed by atoms with Gasteiger partial charge in [0.15, 0.2) is 0 Å². The highest BCUT2D eigenvalue weighted by molar-refractivity contribution is 9.08. The van der Waals surface area contributed by atoms with E-state index in [1.165, 1.54) is 0 Å². The molecule has 2 aromatic heterocycles. The Morgan fingerprint density at radius 1 is 1.15 bits per heavy atom. The molecule has 5 nitrogen and oxygen atoms in total. The van der Waals surface area contributed by atoms with Gasteiger partial charge < -0.3 is 4.74 Å². The van der Waals surface area contributed by atoms with Gasteiger partial charge in [0.05, 0.1) is 34.9 Å². The number of rotatable bonds is 5. The number of benzene rings is 2. The Bertz CT molecular complexity index is 1130. The lowest BCUT2D eigenvalue weighted by molar-refractivity contribution is 0.303. The topological polar surface area (TPSA) is 44.9 Å². The van der Waals surface area contributed by atoms with Crippen molar-refractivity contribution < 1.29 is 4.74 Å². The van der Waals surface area contributed by atoms with Crippen molar-refractivity contribution in [1.82, 2.24) is 19.6 Å². The summed E-state index contributed by atoms with van der Waals surface area (Å²) in [5, 5.41) is 11.0. The molecule has 0 saturated heterocycles. The van der Waals surface area contributed by atoms with Crippen molar-refractivity contribution in [3.63, 3.8) is 0 Å². The Labute approximate surface area is 165 Å². The van der Waals surface area contributed by atoms with E-state index in [9.17, 15) is 0 Å². The average Bonchev–Trinajstić information content (AvgIpc) is 3.26. The summed E-state index contributed by atoms with van der Waals surface area (Å²) >= 11 is 3.54. The summed E-state index contributed by atoms with van der Waals surface area (Å²) in [7, 11) is 1.96. The number of hydrogen-bond donors (Lipinski definition) is 0. The van der Waals surface area contributed by atoms with Gasteiger partial charge in [0.2, 0.25) is 0 Å². The highest BCUT2D eigenvalue weighted by Gasteiger charge is 2.24. The molecule has 0 radical (unpaired) electrons. The molecular formula is C21H19BrN4O. The summed E-state index contributed by atoms with van der Waals surface area (Å²) in [4.78, 5) is 0. The molecule has 136 valence electrons.